The molecule has 5 heterocycles. The molecule has 0 aliphatic carbocycles. The second-order valence-electron chi connectivity index (χ2n) is 11.8. The van der Waals surface area contributed by atoms with Crippen molar-refractivity contribution in [3.63, 3.8) is 0 Å². The zero-order valence-electron chi connectivity index (χ0n) is 28.0. The summed E-state index contributed by atoms with van der Waals surface area (Å²) in [6.45, 7) is 10.3. The van der Waals surface area contributed by atoms with Crippen molar-refractivity contribution in [1.29, 1.82) is 0 Å². The third kappa shape index (κ3) is 6.01. The van der Waals surface area contributed by atoms with E-state index in [0.29, 0.717) is 0 Å². The molecule has 0 saturated heterocycles. The molecule has 3 aromatic heterocycles. The van der Waals surface area contributed by atoms with E-state index in [2.05, 4.69) is 145 Å². The number of benzene rings is 2. The van der Waals surface area contributed by atoms with Crippen LogP contribution in [0, 0.1) is 0 Å². The number of fused-ring (bicyclic) bond motifs is 8. The molecule has 4 heteroatoms. The van der Waals surface area contributed by atoms with E-state index in [-0.39, 0.29) is 0 Å². The molecule has 0 spiro atoms. The lowest BCUT2D eigenvalue weighted by atomic mass is 10.0. The molecule has 0 fully saturated rings. The lowest BCUT2D eigenvalue weighted by Crippen LogP contribution is -1.92. The Balaban J connectivity index is 1.72. The smallest absolute Gasteiger partial charge is 0.0737 e. The summed E-state index contributed by atoms with van der Waals surface area (Å²) in [6.07, 6.45) is 22.9. The van der Waals surface area contributed by atoms with Crippen LogP contribution < -0.4 is 0 Å². The fraction of sp³-hybridized carbons (Fsp3) is 0.0667. The fourth-order valence-corrected chi connectivity index (χ4v) is 6.59. The molecule has 238 valence electrons. The molecule has 49 heavy (non-hydrogen) atoms. The predicted octanol–water partition coefficient (Wildman–Crippen LogP) is 12.1. The van der Waals surface area contributed by atoms with Crippen LogP contribution in [-0.4, -0.2) is 19.9 Å². The Morgan fingerprint density at radius 3 is 1.49 bits per heavy atom. The topological polar surface area (TPSA) is 57.4 Å². The van der Waals surface area contributed by atoms with Gasteiger partial charge in [-0.05, 0) is 91.6 Å². The summed E-state index contributed by atoms with van der Waals surface area (Å²) in [4.78, 5) is 18.3. The number of aromatic amines is 2. The van der Waals surface area contributed by atoms with Crippen LogP contribution in [0.3, 0.4) is 0 Å². The van der Waals surface area contributed by atoms with Gasteiger partial charge in [-0.15, -0.1) is 0 Å². The molecule has 0 amide bonds. The van der Waals surface area contributed by atoms with Crippen LogP contribution in [0.15, 0.2) is 134 Å². The molecule has 5 aromatic rings. The molecule has 2 aliphatic heterocycles. The van der Waals surface area contributed by atoms with Gasteiger partial charge in [0.25, 0.3) is 0 Å². The van der Waals surface area contributed by atoms with Gasteiger partial charge >= 0.3 is 0 Å². The summed E-state index contributed by atoms with van der Waals surface area (Å²) < 4.78 is 0. The first kappa shape index (κ1) is 31.3. The maximum absolute atomic E-state index is 5.35. The Kier molecular flexibility index (Phi) is 8.86. The van der Waals surface area contributed by atoms with Crippen molar-refractivity contribution >= 4 is 57.5 Å². The fourth-order valence-electron chi connectivity index (χ4n) is 6.59. The minimum atomic E-state index is 0.859. The van der Waals surface area contributed by atoms with Crippen molar-refractivity contribution in [2.45, 2.75) is 20.8 Å². The summed E-state index contributed by atoms with van der Waals surface area (Å²) >= 11 is 0. The normalized spacial score (nSPS) is 13.2. The van der Waals surface area contributed by atoms with Gasteiger partial charge in [0.1, 0.15) is 0 Å². The number of H-pyrrole nitrogens is 2. The standard InChI is InChI=1S/C45H38N4/c1-5-9-17-31(8-4)43-36-23-22-34(46-36)42(30(7-3)16-6-2)35-24-26-38(47-35)44(32-18-12-10-13-19-32)40-28-29-41(49-40)45(33-20-14-11-15-21-33)39-27-25-37(43)48-39/h5-29,46,49H,4H2,1-3H3/b9-5-,16-6-,30-7+,31-17+,42-34?,42-35?,43-36?,43-37?,44-38?,44-40?,45-39?,45-41?. The average molecular weight is 635 g/mol. The molecule has 7 rings (SSSR count). The number of nitrogens with zero attached hydrogens (tertiary/aromatic N) is 2. The highest BCUT2D eigenvalue weighted by atomic mass is 14.8. The number of hydrogen-bond donors (Lipinski definition) is 2. The summed E-state index contributed by atoms with van der Waals surface area (Å²) in [7, 11) is 0. The number of hydrogen-bond acceptors (Lipinski definition) is 2. The first-order valence-corrected chi connectivity index (χ1v) is 16.7. The van der Waals surface area contributed by atoms with Gasteiger partial charge in [-0.25, -0.2) is 9.97 Å². The predicted molar refractivity (Wildman–Crippen MR) is 211 cm³/mol. The molecule has 0 unspecified atom stereocenters. The maximum Gasteiger partial charge on any atom is 0.0737 e. The zero-order chi connectivity index (χ0) is 33.7. The van der Waals surface area contributed by atoms with Crippen LogP contribution in [0.25, 0.3) is 79.8 Å². The van der Waals surface area contributed by atoms with Gasteiger partial charge in [0, 0.05) is 44.3 Å². The first-order valence-electron chi connectivity index (χ1n) is 16.7. The molecule has 2 N–H and O–H groups in total. The highest BCUT2D eigenvalue weighted by Gasteiger charge is 2.18. The Bertz CT molecular complexity index is 2410. The molecule has 0 saturated carbocycles. The molecule has 0 radical (unpaired) electrons. The number of nitrogens with one attached hydrogen (secondary N) is 2. The van der Waals surface area contributed by atoms with Crippen LogP contribution >= 0.6 is 0 Å². The number of rotatable bonds is 7. The van der Waals surface area contributed by atoms with Crippen molar-refractivity contribution in [3.05, 3.63) is 168 Å². The van der Waals surface area contributed by atoms with Gasteiger partial charge < -0.3 is 9.97 Å². The first-order chi connectivity index (χ1) is 24.1. The lowest BCUT2D eigenvalue weighted by molar-refractivity contribution is 1.29. The minimum absolute atomic E-state index is 0.859. The highest BCUT2D eigenvalue weighted by molar-refractivity contribution is 5.99. The lowest BCUT2D eigenvalue weighted by Gasteiger charge is -2.07. The zero-order valence-corrected chi connectivity index (χ0v) is 28.0. The molecular formula is C45H38N4. The molecule has 2 aromatic carbocycles. The average Bonchev–Trinajstić information content (AvgIpc) is 3.97. The van der Waals surface area contributed by atoms with E-state index in [1.165, 1.54) is 0 Å². The summed E-state index contributed by atoms with van der Waals surface area (Å²) in [6, 6.07) is 29.5. The second-order valence-corrected chi connectivity index (χ2v) is 11.8. The third-order valence-corrected chi connectivity index (χ3v) is 8.80. The molecular weight excluding hydrogens is 597 g/mol. The molecule has 4 nitrogen and oxygen atoms in total. The van der Waals surface area contributed by atoms with Gasteiger partial charge in [0.2, 0.25) is 0 Å². The number of allylic oxidation sites excluding steroid dienone is 9. The van der Waals surface area contributed by atoms with E-state index in [9.17, 15) is 0 Å². The van der Waals surface area contributed by atoms with E-state index in [0.717, 1.165) is 89.4 Å². The van der Waals surface area contributed by atoms with Gasteiger partial charge in [-0.2, -0.15) is 0 Å². The van der Waals surface area contributed by atoms with Crippen molar-refractivity contribution in [3.8, 4) is 22.3 Å². The maximum atomic E-state index is 5.35. The van der Waals surface area contributed by atoms with Crippen molar-refractivity contribution in [2.24, 2.45) is 0 Å². The van der Waals surface area contributed by atoms with Crippen LogP contribution in [0.4, 0.5) is 0 Å². The van der Waals surface area contributed by atoms with E-state index >= 15 is 0 Å². The SMILES string of the molecule is C=C/C(=C\C=C/C)c1c2nc(c(-c3ccccc3)c3ccc([nH]3)c(-c3ccccc3)c3nc(c(C(/C=C\C)=C/C)c4ccc1[nH]4)C=C3)C=C2. The van der Waals surface area contributed by atoms with E-state index in [1.807, 2.05) is 44.2 Å². The Morgan fingerprint density at radius 2 is 1.02 bits per heavy atom. The molecule has 0 atom stereocenters. The van der Waals surface area contributed by atoms with Gasteiger partial charge in [0.05, 0.1) is 22.8 Å². The van der Waals surface area contributed by atoms with Gasteiger partial charge in [-0.1, -0.05) is 110 Å². The van der Waals surface area contributed by atoms with Gasteiger partial charge in [-0.3, -0.25) is 0 Å². The monoisotopic (exact) mass is 634 g/mol. The largest absolute Gasteiger partial charge is 0.354 e. The second kappa shape index (κ2) is 13.8. The molecule has 2 aliphatic rings. The van der Waals surface area contributed by atoms with Crippen molar-refractivity contribution < 1.29 is 0 Å². The Labute approximate surface area is 287 Å². The van der Waals surface area contributed by atoms with Crippen LogP contribution in [0.5, 0.6) is 0 Å². The van der Waals surface area contributed by atoms with E-state index in [4.69, 9.17) is 9.97 Å². The quantitative estimate of drug-likeness (QED) is 0.171. The van der Waals surface area contributed by atoms with Gasteiger partial charge in [0.15, 0.2) is 0 Å². The van der Waals surface area contributed by atoms with Crippen LogP contribution in [-0.2, 0) is 0 Å². The highest BCUT2D eigenvalue weighted by Crippen LogP contribution is 2.37. The number of aromatic nitrogens is 4. The van der Waals surface area contributed by atoms with Crippen molar-refractivity contribution in [2.75, 3.05) is 0 Å². The van der Waals surface area contributed by atoms with Crippen LogP contribution in [0.2, 0.25) is 0 Å². The Hall–Kier alpha value is -6.26. The van der Waals surface area contributed by atoms with Crippen molar-refractivity contribution in [1.82, 2.24) is 19.9 Å². The van der Waals surface area contributed by atoms with Crippen LogP contribution in [0.1, 0.15) is 54.7 Å². The van der Waals surface area contributed by atoms with E-state index < -0.39 is 0 Å². The summed E-state index contributed by atoms with van der Waals surface area (Å²) in [5.41, 5.74) is 15.7. The third-order valence-electron chi connectivity index (χ3n) is 8.80. The van der Waals surface area contributed by atoms with E-state index in [1.54, 1.807) is 0 Å². The Morgan fingerprint density at radius 1 is 0.551 bits per heavy atom. The summed E-state index contributed by atoms with van der Waals surface area (Å²) in [5, 5.41) is 0. The summed E-state index contributed by atoms with van der Waals surface area (Å²) in [5.74, 6) is 0. The minimum Gasteiger partial charge on any atom is -0.354 e. The molecule has 8 bridgehead atoms.